The van der Waals surface area contributed by atoms with Gasteiger partial charge in [-0.15, -0.1) is 0 Å². The summed E-state index contributed by atoms with van der Waals surface area (Å²) in [7, 11) is 0. The second-order valence-corrected chi connectivity index (χ2v) is 7.44. The fourth-order valence-corrected chi connectivity index (χ4v) is 3.29. The summed E-state index contributed by atoms with van der Waals surface area (Å²) in [5.74, 6) is -5.82. The third kappa shape index (κ3) is 5.46. The van der Waals surface area contributed by atoms with Gasteiger partial charge < -0.3 is 18.9 Å². The van der Waals surface area contributed by atoms with Gasteiger partial charge in [0.1, 0.15) is 0 Å². The molecule has 4 atom stereocenters. The molecule has 3 rings (SSSR count). The van der Waals surface area contributed by atoms with Crippen molar-refractivity contribution < 1.29 is 37.7 Å². The molecule has 1 fully saturated rings. The highest BCUT2D eigenvalue weighted by atomic mass is 35.5. The van der Waals surface area contributed by atoms with Crippen molar-refractivity contribution >= 4 is 29.5 Å². The molecule has 13 heteroatoms. The Morgan fingerprint density at radius 1 is 1.12 bits per heavy atom. The third-order valence-electron chi connectivity index (χ3n) is 4.52. The highest BCUT2D eigenvalue weighted by Gasteiger charge is 2.62. The van der Waals surface area contributed by atoms with Crippen LogP contribution in [0, 0.1) is 0 Å². The molecule has 1 saturated heterocycles. The van der Waals surface area contributed by atoms with E-state index < -0.39 is 60.1 Å². The van der Waals surface area contributed by atoms with E-state index in [9.17, 15) is 24.0 Å². The quantitative estimate of drug-likeness (QED) is 0.471. The van der Waals surface area contributed by atoms with Crippen LogP contribution in [0.25, 0.3) is 0 Å². The molecule has 0 aliphatic carbocycles. The predicted molar refractivity (Wildman–Crippen MR) is 108 cm³/mol. The summed E-state index contributed by atoms with van der Waals surface area (Å²) in [5.41, 5.74) is -1.69. The number of benzene rings is 1. The molecule has 2 aromatic rings. The Bertz CT molecular complexity index is 1180. The Labute approximate surface area is 190 Å². The number of ether oxygens (including phenoxy) is 4. The average Bonchev–Trinajstić information content (AvgIpc) is 2.98. The van der Waals surface area contributed by atoms with Gasteiger partial charge in [-0.25, -0.2) is 14.0 Å². The first-order chi connectivity index (χ1) is 15.5. The van der Waals surface area contributed by atoms with Crippen molar-refractivity contribution in [1.29, 1.82) is 0 Å². The number of carbonyl (C=O) groups excluding carboxylic acids is 3. The molecule has 1 aliphatic heterocycles. The predicted octanol–water partition coefficient (Wildman–Crippen LogP) is 1.10. The molecule has 0 saturated carbocycles. The second-order valence-electron chi connectivity index (χ2n) is 7.00. The van der Waals surface area contributed by atoms with E-state index in [1.807, 2.05) is 4.98 Å². The van der Waals surface area contributed by atoms with Crippen molar-refractivity contribution in [3.63, 3.8) is 0 Å². The zero-order valence-corrected chi connectivity index (χ0v) is 18.0. The minimum absolute atomic E-state index is 0.0509. The summed E-state index contributed by atoms with van der Waals surface area (Å²) < 4.78 is 37.1. The number of aromatic nitrogens is 2. The van der Waals surface area contributed by atoms with E-state index in [-0.39, 0.29) is 5.56 Å². The molecule has 0 amide bonds. The molecular formula is C20H18ClFN2O9. The Balaban J connectivity index is 1.94. The SMILES string of the molecule is CC(=O)O[C@H]1[C@H](n2ccc(=O)[nH]c2=O)O[C@](F)(COC(=O)c2ccc(Cl)cc2)[C@H]1OC(C)=O. The zero-order valence-electron chi connectivity index (χ0n) is 17.3. The molecule has 1 aromatic heterocycles. The number of aromatic amines is 1. The van der Waals surface area contributed by atoms with Gasteiger partial charge >= 0.3 is 23.6 Å². The summed E-state index contributed by atoms with van der Waals surface area (Å²) in [6.07, 6.45) is -4.25. The Morgan fingerprint density at radius 3 is 2.33 bits per heavy atom. The van der Waals surface area contributed by atoms with Crippen molar-refractivity contribution in [1.82, 2.24) is 9.55 Å². The van der Waals surface area contributed by atoms with E-state index in [2.05, 4.69) is 0 Å². The summed E-state index contributed by atoms with van der Waals surface area (Å²) in [5, 5.41) is 0.362. The van der Waals surface area contributed by atoms with E-state index in [1.54, 1.807) is 0 Å². The van der Waals surface area contributed by atoms with Crippen LogP contribution >= 0.6 is 11.6 Å². The van der Waals surface area contributed by atoms with Gasteiger partial charge in [0, 0.05) is 31.1 Å². The Hall–Kier alpha value is -3.51. The van der Waals surface area contributed by atoms with Crippen LogP contribution in [-0.2, 0) is 28.5 Å². The first-order valence-corrected chi connectivity index (χ1v) is 9.83. The van der Waals surface area contributed by atoms with E-state index >= 15 is 4.39 Å². The van der Waals surface area contributed by atoms with E-state index in [0.717, 1.165) is 30.7 Å². The monoisotopic (exact) mass is 484 g/mol. The van der Waals surface area contributed by atoms with Crippen molar-refractivity contribution in [3.8, 4) is 0 Å². The number of alkyl halides is 1. The average molecular weight is 485 g/mol. The first kappa shape index (κ1) is 24.1. The molecule has 1 N–H and O–H groups in total. The molecule has 2 heterocycles. The third-order valence-corrected chi connectivity index (χ3v) is 4.77. The Kier molecular flexibility index (Phi) is 6.98. The van der Waals surface area contributed by atoms with Crippen LogP contribution in [0.5, 0.6) is 0 Å². The van der Waals surface area contributed by atoms with E-state index in [4.69, 9.17) is 30.5 Å². The number of nitrogens with one attached hydrogen (secondary N) is 1. The van der Waals surface area contributed by atoms with Crippen molar-refractivity contribution in [2.45, 2.75) is 38.1 Å². The molecule has 0 spiro atoms. The van der Waals surface area contributed by atoms with Crippen molar-refractivity contribution in [2.24, 2.45) is 0 Å². The number of rotatable bonds is 6. The van der Waals surface area contributed by atoms with E-state index in [0.29, 0.717) is 5.02 Å². The maximum atomic E-state index is 15.9. The van der Waals surface area contributed by atoms with Crippen LogP contribution < -0.4 is 11.2 Å². The van der Waals surface area contributed by atoms with Gasteiger partial charge in [0.05, 0.1) is 5.56 Å². The standard InChI is InChI=1S/C20H18ClFN2O9/c1-10(25)31-15-16(32-11(2)26)20(22,9-30-18(28)12-3-5-13(21)6-4-12)33-17(15)24-8-7-14(27)23-19(24)29/h3-8,15-17H,9H2,1-2H3,(H,23,27,29)/t15-,16+,17-,20-/m1/s1. The fraction of sp³-hybridized carbons (Fsp3) is 0.350. The lowest BCUT2D eigenvalue weighted by Crippen LogP contribution is -2.47. The highest BCUT2D eigenvalue weighted by molar-refractivity contribution is 6.30. The first-order valence-electron chi connectivity index (χ1n) is 9.45. The van der Waals surface area contributed by atoms with Crippen LogP contribution in [-0.4, -0.2) is 52.1 Å². The van der Waals surface area contributed by atoms with Gasteiger partial charge in [0.2, 0.25) is 6.10 Å². The molecule has 176 valence electrons. The largest absolute Gasteiger partial charge is 0.456 e. The summed E-state index contributed by atoms with van der Waals surface area (Å²) >= 11 is 5.77. The topological polar surface area (TPSA) is 143 Å². The molecule has 11 nitrogen and oxygen atoms in total. The van der Waals surface area contributed by atoms with Crippen molar-refractivity contribution in [2.75, 3.05) is 6.61 Å². The zero-order chi connectivity index (χ0) is 24.3. The summed E-state index contributed by atoms with van der Waals surface area (Å²) in [4.78, 5) is 61.2. The maximum Gasteiger partial charge on any atom is 0.338 e. The number of hydrogen-bond donors (Lipinski definition) is 1. The van der Waals surface area contributed by atoms with Gasteiger partial charge in [-0.2, -0.15) is 0 Å². The maximum absolute atomic E-state index is 15.9. The number of carbonyl (C=O) groups is 3. The van der Waals surface area contributed by atoms with Gasteiger partial charge in [0.15, 0.2) is 18.9 Å². The lowest BCUT2D eigenvalue weighted by molar-refractivity contribution is -0.217. The highest BCUT2D eigenvalue weighted by Crippen LogP contribution is 2.42. The number of halogens is 2. The van der Waals surface area contributed by atoms with Crippen LogP contribution in [0.2, 0.25) is 5.02 Å². The van der Waals surface area contributed by atoms with Gasteiger partial charge in [0.25, 0.3) is 11.4 Å². The number of H-pyrrole nitrogens is 1. The Morgan fingerprint density at radius 2 is 1.76 bits per heavy atom. The number of nitrogens with zero attached hydrogens (tertiary/aromatic N) is 1. The molecular weight excluding hydrogens is 467 g/mol. The van der Waals surface area contributed by atoms with Gasteiger partial charge in [-0.1, -0.05) is 11.6 Å². The second kappa shape index (κ2) is 9.55. The summed E-state index contributed by atoms with van der Waals surface area (Å²) in [6, 6.07) is 6.49. The number of hydrogen-bond acceptors (Lipinski definition) is 9. The minimum atomic E-state index is -3.02. The molecule has 1 aromatic carbocycles. The van der Waals surface area contributed by atoms with Gasteiger partial charge in [-0.3, -0.25) is 23.9 Å². The van der Waals surface area contributed by atoms with Gasteiger partial charge in [-0.05, 0) is 24.3 Å². The van der Waals surface area contributed by atoms with Crippen LogP contribution in [0.1, 0.15) is 30.4 Å². The lowest BCUT2D eigenvalue weighted by Gasteiger charge is -2.26. The smallest absolute Gasteiger partial charge is 0.338 e. The minimum Gasteiger partial charge on any atom is -0.456 e. The van der Waals surface area contributed by atoms with Crippen molar-refractivity contribution in [3.05, 3.63) is 68.0 Å². The molecule has 0 radical (unpaired) electrons. The van der Waals surface area contributed by atoms with Crippen LogP contribution in [0.4, 0.5) is 4.39 Å². The normalized spacial score (nSPS) is 24.2. The van der Waals surface area contributed by atoms with E-state index in [1.165, 1.54) is 24.3 Å². The molecule has 33 heavy (non-hydrogen) atoms. The molecule has 1 aliphatic rings. The molecule has 0 unspecified atom stereocenters. The lowest BCUT2D eigenvalue weighted by atomic mass is 10.1. The van der Waals surface area contributed by atoms with Crippen LogP contribution in [0.15, 0.2) is 46.1 Å². The molecule has 0 bridgehead atoms. The summed E-state index contributed by atoms with van der Waals surface area (Å²) in [6.45, 7) is 0.902. The fourth-order valence-electron chi connectivity index (χ4n) is 3.17. The number of esters is 3. The van der Waals surface area contributed by atoms with Crippen LogP contribution in [0.3, 0.4) is 0 Å².